The van der Waals surface area contributed by atoms with Gasteiger partial charge in [0, 0.05) is 17.8 Å². The van der Waals surface area contributed by atoms with Gasteiger partial charge in [0.05, 0.1) is 0 Å². The predicted molar refractivity (Wildman–Crippen MR) is 73.5 cm³/mol. The van der Waals surface area contributed by atoms with Crippen molar-refractivity contribution in [3.8, 4) is 0 Å². The molecule has 1 aromatic carbocycles. The van der Waals surface area contributed by atoms with Gasteiger partial charge in [0.1, 0.15) is 0 Å². The Morgan fingerprint density at radius 1 is 1.22 bits per heavy atom. The number of carbonyl (C=O) groups is 2. The van der Waals surface area contributed by atoms with Crippen molar-refractivity contribution >= 4 is 23.2 Å². The molecule has 4 nitrogen and oxygen atoms in total. The second-order valence-electron chi connectivity index (χ2n) is 3.87. The first-order valence-corrected chi connectivity index (χ1v) is 5.91. The maximum atomic E-state index is 11.5. The molecule has 0 aliphatic carbocycles. The van der Waals surface area contributed by atoms with Crippen molar-refractivity contribution in [2.75, 3.05) is 10.6 Å². The average Bonchev–Trinajstić information content (AvgIpc) is 2.34. The van der Waals surface area contributed by atoms with Gasteiger partial charge in [-0.05, 0) is 37.6 Å². The molecule has 1 rings (SSSR count). The smallest absolute Gasteiger partial charge is 0.248 e. The molecule has 0 atom stereocenters. The summed E-state index contributed by atoms with van der Waals surface area (Å²) >= 11 is 0. The molecule has 0 aromatic heterocycles. The number of rotatable bonds is 4. The van der Waals surface area contributed by atoms with Crippen LogP contribution in [0, 0.1) is 6.92 Å². The molecular weight excluding hydrogens is 228 g/mol. The molecule has 2 N–H and O–H groups in total. The third-order valence-corrected chi connectivity index (χ3v) is 2.50. The molecule has 96 valence electrons. The number of nitrogens with one attached hydrogen (secondary N) is 2. The number of hydrogen-bond donors (Lipinski definition) is 2. The molecule has 0 spiro atoms. The number of allylic oxidation sites excluding steroid dienone is 1. The Balaban J connectivity index is 2.91. The molecule has 1 aromatic rings. The van der Waals surface area contributed by atoms with E-state index in [1.165, 1.54) is 6.08 Å². The number of anilines is 2. The van der Waals surface area contributed by atoms with Crippen molar-refractivity contribution in [3.05, 3.63) is 35.9 Å². The van der Waals surface area contributed by atoms with E-state index >= 15 is 0 Å². The Bertz CT molecular complexity index is 479. The topological polar surface area (TPSA) is 58.2 Å². The Morgan fingerprint density at radius 3 is 2.39 bits per heavy atom. The van der Waals surface area contributed by atoms with Gasteiger partial charge in [-0.3, -0.25) is 9.59 Å². The van der Waals surface area contributed by atoms with E-state index in [1.807, 2.05) is 13.0 Å². The molecule has 0 saturated heterocycles. The summed E-state index contributed by atoms with van der Waals surface area (Å²) in [6, 6.07) is 5.41. The van der Waals surface area contributed by atoms with E-state index in [0.29, 0.717) is 12.1 Å². The average molecular weight is 246 g/mol. The van der Waals surface area contributed by atoms with Crippen LogP contribution in [0.3, 0.4) is 0 Å². The van der Waals surface area contributed by atoms with Crippen LogP contribution in [0.5, 0.6) is 0 Å². The first kappa shape index (κ1) is 14.0. The maximum absolute atomic E-state index is 11.5. The van der Waals surface area contributed by atoms with Gasteiger partial charge in [0.25, 0.3) is 0 Å². The number of hydrogen-bond acceptors (Lipinski definition) is 2. The zero-order valence-corrected chi connectivity index (χ0v) is 10.9. The molecule has 2 amide bonds. The van der Waals surface area contributed by atoms with Crippen LogP contribution in [0.15, 0.2) is 30.4 Å². The van der Waals surface area contributed by atoms with E-state index in [4.69, 9.17) is 0 Å². The highest BCUT2D eigenvalue weighted by Crippen LogP contribution is 2.23. The van der Waals surface area contributed by atoms with Crippen molar-refractivity contribution in [2.45, 2.75) is 27.2 Å². The van der Waals surface area contributed by atoms with E-state index in [9.17, 15) is 9.59 Å². The van der Waals surface area contributed by atoms with Crippen molar-refractivity contribution in [1.82, 2.24) is 0 Å². The van der Waals surface area contributed by atoms with Crippen LogP contribution < -0.4 is 10.6 Å². The van der Waals surface area contributed by atoms with Crippen LogP contribution in [0.4, 0.5) is 11.4 Å². The fourth-order valence-corrected chi connectivity index (χ4v) is 1.47. The van der Waals surface area contributed by atoms with Crippen molar-refractivity contribution < 1.29 is 9.59 Å². The monoisotopic (exact) mass is 246 g/mol. The summed E-state index contributed by atoms with van der Waals surface area (Å²) in [5.41, 5.74) is 2.27. The van der Waals surface area contributed by atoms with Crippen LogP contribution in [0.2, 0.25) is 0 Å². The van der Waals surface area contributed by atoms with E-state index in [1.54, 1.807) is 32.1 Å². The van der Waals surface area contributed by atoms with Crippen LogP contribution in [0.1, 0.15) is 25.8 Å². The molecule has 0 saturated carbocycles. The minimum absolute atomic E-state index is 0.0463. The van der Waals surface area contributed by atoms with E-state index in [2.05, 4.69) is 10.6 Å². The lowest BCUT2D eigenvalue weighted by molar-refractivity contribution is -0.116. The van der Waals surface area contributed by atoms with Gasteiger partial charge >= 0.3 is 0 Å². The standard InChI is InChI=1S/C14H18N2O2/c1-4-7-14(18)16-12-9-6-8-11(10(12)3)15-13(17)5-2/h4,6-9H,5H2,1-3H3,(H,15,17)(H,16,18). The van der Waals surface area contributed by atoms with E-state index < -0.39 is 0 Å². The molecule has 0 radical (unpaired) electrons. The summed E-state index contributed by atoms with van der Waals surface area (Å²) in [6.07, 6.45) is 3.55. The van der Waals surface area contributed by atoms with Gasteiger partial charge < -0.3 is 10.6 Å². The van der Waals surface area contributed by atoms with Gasteiger partial charge in [0.15, 0.2) is 0 Å². The highest BCUT2D eigenvalue weighted by atomic mass is 16.2. The molecule has 4 heteroatoms. The summed E-state index contributed by atoms with van der Waals surface area (Å²) in [5, 5.41) is 5.56. The first-order chi connectivity index (χ1) is 8.58. The Kier molecular flexibility index (Phi) is 5.11. The second kappa shape index (κ2) is 6.59. The Hall–Kier alpha value is -2.10. The van der Waals surface area contributed by atoms with Crippen molar-refractivity contribution in [3.63, 3.8) is 0 Å². The summed E-state index contributed by atoms with van der Waals surface area (Å²) in [5.74, 6) is -0.227. The van der Waals surface area contributed by atoms with Crippen LogP contribution >= 0.6 is 0 Å². The first-order valence-electron chi connectivity index (χ1n) is 5.91. The fourth-order valence-electron chi connectivity index (χ4n) is 1.47. The van der Waals surface area contributed by atoms with Gasteiger partial charge in [-0.25, -0.2) is 0 Å². The van der Waals surface area contributed by atoms with Crippen molar-refractivity contribution in [1.29, 1.82) is 0 Å². The quantitative estimate of drug-likeness (QED) is 0.802. The molecule has 0 aliphatic rings. The van der Waals surface area contributed by atoms with Gasteiger partial charge in [-0.1, -0.05) is 19.1 Å². The Labute approximate surface area is 107 Å². The zero-order valence-electron chi connectivity index (χ0n) is 10.9. The maximum Gasteiger partial charge on any atom is 0.248 e. The zero-order chi connectivity index (χ0) is 13.5. The minimum Gasteiger partial charge on any atom is -0.326 e. The summed E-state index contributed by atoms with van der Waals surface area (Å²) in [6.45, 7) is 5.43. The van der Waals surface area contributed by atoms with E-state index in [0.717, 1.165) is 11.3 Å². The summed E-state index contributed by atoms with van der Waals surface area (Å²) in [7, 11) is 0. The fraction of sp³-hybridized carbons (Fsp3) is 0.286. The van der Waals surface area contributed by atoms with Crippen LogP contribution in [-0.4, -0.2) is 11.8 Å². The number of benzene rings is 1. The molecule has 0 unspecified atom stereocenters. The van der Waals surface area contributed by atoms with Gasteiger partial charge in [0.2, 0.25) is 11.8 Å². The van der Waals surface area contributed by atoms with Crippen LogP contribution in [-0.2, 0) is 9.59 Å². The lowest BCUT2D eigenvalue weighted by Crippen LogP contribution is -2.13. The van der Waals surface area contributed by atoms with Gasteiger partial charge in [-0.2, -0.15) is 0 Å². The third-order valence-electron chi connectivity index (χ3n) is 2.50. The molecule has 0 heterocycles. The largest absolute Gasteiger partial charge is 0.326 e. The van der Waals surface area contributed by atoms with Crippen molar-refractivity contribution in [2.24, 2.45) is 0 Å². The minimum atomic E-state index is -0.181. The molecule has 0 aliphatic heterocycles. The van der Waals surface area contributed by atoms with E-state index in [-0.39, 0.29) is 11.8 Å². The lowest BCUT2D eigenvalue weighted by atomic mass is 10.1. The summed E-state index contributed by atoms with van der Waals surface area (Å²) < 4.78 is 0. The normalized spacial score (nSPS) is 10.4. The SMILES string of the molecule is CC=CC(=O)Nc1cccc(NC(=O)CC)c1C. The molecule has 0 bridgehead atoms. The molecule has 0 fully saturated rings. The predicted octanol–water partition coefficient (Wildman–Crippen LogP) is 2.86. The third kappa shape index (κ3) is 3.73. The number of amides is 2. The summed E-state index contributed by atoms with van der Waals surface area (Å²) in [4.78, 5) is 22.8. The molecule has 18 heavy (non-hydrogen) atoms. The van der Waals surface area contributed by atoms with Gasteiger partial charge in [-0.15, -0.1) is 0 Å². The molecular formula is C14H18N2O2. The van der Waals surface area contributed by atoms with Crippen LogP contribution in [0.25, 0.3) is 0 Å². The lowest BCUT2D eigenvalue weighted by Gasteiger charge is -2.12. The highest BCUT2D eigenvalue weighted by Gasteiger charge is 2.07. The Morgan fingerprint density at radius 2 is 1.83 bits per heavy atom. The second-order valence-corrected chi connectivity index (χ2v) is 3.87. The number of carbonyl (C=O) groups excluding carboxylic acids is 2. The highest BCUT2D eigenvalue weighted by molar-refractivity contribution is 6.01.